The van der Waals surface area contributed by atoms with Crippen molar-refractivity contribution < 1.29 is 19.5 Å². The molecule has 2 saturated carbocycles. The molecule has 0 aromatic rings. The zero-order valence-corrected chi connectivity index (χ0v) is 14.9. The van der Waals surface area contributed by atoms with Crippen molar-refractivity contribution in [3.05, 3.63) is 0 Å². The minimum absolute atomic E-state index is 0.0647. The Morgan fingerprint density at radius 3 is 2.24 bits per heavy atom. The lowest BCUT2D eigenvalue weighted by atomic mass is 9.86. The van der Waals surface area contributed by atoms with Gasteiger partial charge in [-0.25, -0.2) is 0 Å². The number of hydrogen-bond donors (Lipinski definition) is 2. The highest BCUT2D eigenvalue weighted by Gasteiger charge is 2.38. The average molecular weight is 350 g/mol. The molecule has 3 aliphatic rings. The van der Waals surface area contributed by atoms with Crippen molar-refractivity contribution in [2.24, 2.45) is 17.8 Å². The Labute approximate surface area is 149 Å². The fourth-order valence-electron chi connectivity index (χ4n) is 4.23. The molecule has 3 rings (SSSR count). The third kappa shape index (κ3) is 4.73. The van der Waals surface area contributed by atoms with Crippen LogP contribution in [0.25, 0.3) is 0 Å². The molecule has 25 heavy (non-hydrogen) atoms. The molecule has 3 atom stereocenters. The van der Waals surface area contributed by atoms with Gasteiger partial charge in [0, 0.05) is 25.0 Å². The second-order valence-electron chi connectivity index (χ2n) is 7.95. The molecule has 140 valence electrons. The molecule has 0 radical (unpaired) electrons. The Hall–Kier alpha value is -1.59. The van der Waals surface area contributed by atoms with E-state index in [0.29, 0.717) is 13.0 Å². The molecule has 0 aromatic carbocycles. The van der Waals surface area contributed by atoms with Crippen molar-refractivity contribution in [3.8, 4) is 0 Å². The summed E-state index contributed by atoms with van der Waals surface area (Å²) < 4.78 is 0. The van der Waals surface area contributed by atoms with Crippen LogP contribution in [0.15, 0.2) is 0 Å². The molecule has 6 nitrogen and oxygen atoms in total. The second-order valence-corrected chi connectivity index (χ2v) is 7.95. The molecular formula is C19H30N2O4. The summed E-state index contributed by atoms with van der Waals surface area (Å²) in [5.74, 6) is -1.17. The molecule has 0 aromatic heterocycles. The van der Waals surface area contributed by atoms with Crippen LogP contribution in [0.2, 0.25) is 0 Å². The fraction of sp³-hybridized carbons (Fsp3) is 0.842. The van der Waals surface area contributed by atoms with Gasteiger partial charge in [-0.1, -0.05) is 25.7 Å². The third-order valence-corrected chi connectivity index (χ3v) is 5.94. The van der Waals surface area contributed by atoms with Crippen LogP contribution in [0.4, 0.5) is 0 Å². The van der Waals surface area contributed by atoms with Gasteiger partial charge >= 0.3 is 5.97 Å². The molecular weight excluding hydrogens is 320 g/mol. The van der Waals surface area contributed by atoms with Gasteiger partial charge < -0.3 is 15.3 Å². The number of aliphatic carboxylic acids is 1. The largest absolute Gasteiger partial charge is 0.481 e. The quantitative estimate of drug-likeness (QED) is 0.813. The SMILES string of the molecule is O=C(NC1CCCCCCC1C(=O)O)C1CCCN(C(=O)C2CC2)C1. The van der Waals surface area contributed by atoms with Crippen LogP contribution < -0.4 is 5.32 Å². The number of amides is 2. The van der Waals surface area contributed by atoms with E-state index in [1.54, 1.807) is 0 Å². The number of carbonyl (C=O) groups is 3. The minimum Gasteiger partial charge on any atom is -0.481 e. The van der Waals surface area contributed by atoms with E-state index in [1.807, 2.05) is 4.90 Å². The summed E-state index contributed by atoms with van der Waals surface area (Å²) in [6.45, 7) is 1.24. The summed E-state index contributed by atoms with van der Waals surface area (Å²) in [5, 5.41) is 12.6. The summed E-state index contributed by atoms with van der Waals surface area (Å²) in [6.07, 6.45) is 9.02. The Morgan fingerprint density at radius 1 is 0.840 bits per heavy atom. The highest BCUT2D eigenvalue weighted by Crippen LogP contribution is 2.32. The maximum Gasteiger partial charge on any atom is 0.308 e. The molecule has 1 saturated heterocycles. The standard InChI is InChI=1S/C19H30N2O4/c22-17(14-6-5-11-21(12-14)18(23)13-9-10-13)20-16-8-4-2-1-3-7-15(16)19(24)25/h13-16H,1-12H2,(H,20,22)(H,24,25). The van der Waals surface area contributed by atoms with Crippen molar-refractivity contribution >= 4 is 17.8 Å². The minimum atomic E-state index is -0.804. The molecule has 0 spiro atoms. The van der Waals surface area contributed by atoms with Gasteiger partial charge in [-0.15, -0.1) is 0 Å². The van der Waals surface area contributed by atoms with Gasteiger partial charge in [0.1, 0.15) is 0 Å². The number of nitrogens with zero attached hydrogens (tertiary/aromatic N) is 1. The van der Waals surface area contributed by atoms with E-state index >= 15 is 0 Å². The Bertz CT molecular complexity index is 518. The van der Waals surface area contributed by atoms with Gasteiger partial charge in [-0.05, 0) is 38.5 Å². The van der Waals surface area contributed by atoms with Crippen LogP contribution >= 0.6 is 0 Å². The zero-order valence-electron chi connectivity index (χ0n) is 14.9. The number of carboxylic acid groups (broad SMARTS) is 1. The van der Waals surface area contributed by atoms with Crippen molar-refractivity contribution in [1.82, 2.24) is 10.2 Å². The summed E-state index contributed by atoms with van der Waals surface area (Å²) in [6, 6.07) is -0.278. The van der Waals surface area contributed by atoms with E-state index in [-0.39, 0.29) is 29.7 Å². The first-order valence-electron chi connectivity index (χ1n) is 9.88. The third-order valence-electron chi connectivity index (χ3n) is 5.94. The summed E-state index contributed by atoms with van der Waals surface area (Å²) in [5.41, 5.74) is 0. The second kappa shape index (κ2) is 8.19. The number of hydrogen-bond acceptors (Lipinski definition) is 3. The molecule has 2 aliphatic carbocycles. The fourth-order valence-corrected chi connectivity index (χ4v) is 4.23. The van der Waals surface area contributed by atoms with E-state index in [0.717, 1.165) is 64.3 Å². The van der Waals surface area contributed by atoms with Crippen LogP contribution in [0.3, 0.4) is 0 Å². The van der Waals surface area contributed by atoms with Crippen LogP contribution in [0, 0.1) is 17.8 Å². The van der Waals surface area contributed by atoms with Gasteiger partial charge in [0.05, 0.1) is 11.8 Å². The Morgan fingerprint density at radius 2 is 1.56 bits per heavy atom. The first-order chi connectivity index (χ1) is 12.1. The number of rotatable bonds is 4. The molecule has 0 bridgehead atoms. The molecule has 2 amide bonds. The van der Waals surface area contributed by atoms with Gasteiger partial charge in [0.25, 0.3) is 0 Å². The average Bonchev–Trinajstić information content (AvgIpc) is 3.41. The molecule has 3 unspecified atom stereocenters. The molecule has 1 aliphatic heterocycles. The maximum absolute atomic E-state index is 12.7. The van der Waals surface area contributed by atoms with Crippen LogP contribution in [-0.4, -0.2) is 46.9 Å². The number of carboxylic acids is 1. The van der Waals surface area contributed by atoms with E-state index in [1.165, 1.54) is 0 Å². The maximum atomic E-state index is 12.7. The van der Waals surface area contributed by atoms with Crippen molar-refractivity contribution in [1.29, 1.82) is 0 Å². The van der Waals surface area contributed by atoms with E-state index < -0.39 is 11.9 Å². The normalized spacial score (nSPS) is 30.9. The van der Waals surface area contributed by atoms with Crippen molar-refractivity contribution in [2.75, 3.05) is 13.1 Å². The van der Waals surface area contributed by atoms with Crippen LogP contribution in [0.1, 0.15) is 64.2 Å². The summed E-state index contributed by atoms with van der Waals surface area (Å²) >= 11 is 0. The van der Waals surface area contributed by atoms with Crippen molar-refractivity contribution in [2.45, 2.75) is 70.3 Å². The summed E-state index contributed by atoms with van der Waals surface area (Å²) in [4.78, 5) is 38.5. The predicted molar refractivity (Wildman–Crippen MR) is 92.8 cm³/mol. The van der Waals surface area contributed by atoms with Crippen LogP contribution in [-0.2, 0) is 14.4 Å². The van der Waals surface area contributed by atoms with E-state index in [9.17, 15) is 19.5 Å². The van der Waals surface area contributed by atoms with Gasteiger partial charge in [0.15, 0.2) is 0 Å². The highest BCUT2D eigenvalue weighted by atomic mass is 16.4. The molecule has 2 N–H and O–H groups in total. The summed E-state index contributed by atoms with van der Waals surface area (Å²) in [7, 11) is 0. The first-order valence-corrected chi connectivity index (χ1v) is 9.88. The number of nitrogens with one attached hydrogen (secondary N) is 1. The lowest BCUT2D eigenvalue weighted by molar-refractivity contribution is -0.143. The van der Waals surface area contributed by atoms with Gasteiger partial charge in [-0.3, -0.25) is 14.4 Å². The topological polar surface area (TPSA) is 86.7 Å². The monoisotopic (exact) mass is 350 g/mol. The number of carbonyl (C=O) groups excluding carboxylic acids is 2. The van der Waals surface area contributed by atoms with Crippen molar-refractivity contribution in [3.63, 3.8) is 0 Å². The number of likely N-dealkylation sites (tertiary alicyclic amines) is 1. The highest BCUT2D eigenvalue weighted by molar-refractivity contribution is 5.84. The van der Waals surface area contributed by atoms with E-state index in [4.69, 9.17) is 0 Å². The molecule has 1 heterocycles. The Balaban J connectivity index is 1.58. The molecule has 6 heteroatoms. The first kappa shape index (κ1) is 18.2. The van der Waals surface area contributed by atoms with Gasteiger partial charge in [-0.2, -0.15) is 0 Å². The van der Waals surface area contributed by atoms with E-state index in [2.05, 4.69) is 5.32 Å². The van der Waals surface area contributed by atoms with Crippen LogP contribution in [0.5, 0.6) is 0 Å². The zero-order chi connectivity index (χ0) is 17.8. The predicted octanol–water partition coefficient (Wildman–Crippen LogP) is 2.17. The lowest BCUT2D eigenvalue weighted by Gasteiger charge is -2.34. The smallest absolute Gasteiger partial charge is 0.308 e. The lowest BCUT2D eigenvalue weighted by Crippen LogP contribution is -2.50. The van der Waals surface area contributed by atoms with Gasteiger partial charge in [0.2, 0.25) is 11.8 Å². The Kier molecular flexibility index (Phi) is 5.97. The number of piperidine rings is 1. The molecule has 3 fully saturated rings.